The summed E-state index contributed by atoms with van der Waals surface area (Å²) >= 11 is 0. The first kappa shape index (κ1) is 26.1. The third-order valence-electron chi connectivity index (χ3n) is 6.02. The fraction of sp³-hybridized carbons (Fsp3) is 0.467. The highest BCUT2D eigenvalue weighted by Crippen LogP contribution is 2.32. The highest BCUT2D eigenvalue weighted by Gasteiger charge is 2.32. The average molecular weight is 465 g/mol. The van der Waals surface area contributed by atoms with Gasteiger partial charge in [-0.1, -0.05) is 44.6 Å². The van der Waals surface area contributed by atoms with Crippen LogP contribution in [-0.4, -0.2) is 31.7 Å². The lowest BCUT2D eigenvalue weighted by Gasteiger charge is -2.18. The van der Waals surface area contributed by atoms with E-state index in [2.05, 4.69) is 70.7 Å². The molecule has 1 atom stereocenters. The minimum Gasteiger partial charge on any atom is -0.494 e. The standard InChI is InChI=1S/C30H40O4/c1-8-10-15-31-26-13-14-28(23(9-2)17-26)29(21(3)4)18-24-11-12-25(16-22(24)5)32-19-27-20-33-30(6,7)34-27/h11-14,16-18,27H,3,8-10,15,19-20H2,1-2,4-7H3/b29-18-. The summed E-state index contributed by atoms with van der Waals surface area (Å²) in [5.74, 6) is 1.24. The molecule has 2 aromatic rings. The zero-order valence-electron chi connectivity index (χ0n) is 21.7. The minimum absolute atomic E-state index is 0.0497. The van der Waals surface area contributed by atoms with Gasteiger partial charge in [0.1, 0.15) is 24.2 Å². The molecule has 0 N–H and O–H groups in total. The highest BCUT2D eigenvalue weighted by atomic mass is 16.7. The Morgan fingerprint density at radius 1 is 1.12 bits per heavy atom. The maximum Gasteiger partial charge on any atom is 0.163 e. The number of hydrogen-bond acceptors (Lipinski definition) is 4. The van der Waals surface area contributed by atoms with Crippen LogP contribution in [0.2, 0.25) is 0 Å². The third kappa shape index (κ3) is 6.97. The monoisotopic (exact) mass is 464 g/mol. The molecule has 0 radical (unpaired) electrons. The van der Waals surface area contributed by atoms with Gasteiger partial charge in [-0.15, -0.1) is 0 Å². The Kier molecular flexibility index (Phi) is 8.98. The largest absolute Gasteiger partial charge is 0.494 e. The van der Waals surface area contributed by atoms with E-state index < -0.39 is 5.79 Å². The molecule has 1 aliphatic rings. The van der Waals surface area contributed by atoms with Gasteiger partial charge >= 0.3 is 0 Å². The van der Waals surface area contributed by atoms with Gasteiger partial charge in [-0.25, -0.2) is 0 Å². The van der Waals surface area contributed by atoms with Gasteiger partial charge in [0.25, 0.3) is 0 Å². The summed E-state index contributed by atoms with van der Waals surface area (Å²) in [7, 11) is 0. The zero-order valence-corrected chi connectivity index (χ0v) is 21.7. The van der Waals surface area contributed by atoms with Crippen LogP contribution in [0, 0.1) is 6.92 Å². The van der Waals surface area contributed by atoms with Crippen molar-refractivity contribution in [3.63, 3.8) is 0 Å². The SMILES string of the molecule is C=C(C)/C(=C/c1ccc(OCC2COC(C)(C)O2)cc1C)c1ccc(OCCCC)cc1CC. The van der Waals surface area contributed by atoms with E-state index in [1.54, 1.807) is 0 Å². The predicted octanol–water partition coefficient (Wildman–Crippen LogP) is 7.38. The number of benzene rings is 2. The van der Waals surface area contributed by atoms with Crippen LogP contribution in [0.5, 0.6) is 11.5 Å². The molecule has 0 spiro atoms. The van der Waals surface area contributed by atoms with Crippen LogP contribution in [0.3, 0.4) is 0 Å². The number of unbranched alkanes of at least 4 members (excludes halogenated alkanes) is 1. The third-order valence-corrected chi connectivity index (χ3v) is 6.02. The van der Waals surface area contributed by atoms with Crippen LogP contribution in [0.1, 0.15) is 69.7 Å². The molecule has 4 heteroatoms. The molecule has 34 heavy (non-hydrogen) atoms. The topological polar surface area (TPSA) is 36.9 Å². The van der Waals surface area contributed by atoms with E-state index in [1.807, 2.05) is 19.9 Å². The van der Waals surface area contributed by atoms with Crippen molar-refractivity contribution in [1.82, 2.24) is 0 Å². The van der Waals surface area contributed by atoms with Crippen LogP contribution >= 0.6 is 0 Å². The smallest absolute Gasteiger partial charge is 0.163 e. The minimum atomic E-state index is -0.533. The molecule has 1 fully saturated rings. The van der Waals surface area contributed by atoms with Crippen molar-refractivity contribution in [2.75, 3.05) is 19.8 Å². The van der Waals surface area contributed by atoms with Crippen molar-refractivity contribution in [2.45, 2.75) is 72.7 Å². The molecular formula is C30H40O4. The van der Waals surface area contributed by atoms with E-state index in [9.17, 15) is 0 Å². The molecule has 184 valence electrons. The van der Waals surface area contributed by atoms with Gasteiger partial charge < -0.3 is 18.9 Å². The predicted molar refractivity (Wildman–Crippen MR) is 140 cm³/mol. The fourth-order valence-electron chi connectivity index (χ4n) is 4.07. The summed E-state index contributed by atoms with van der Waals surface area (Å²) in [6, 6.07) is 12.6. The number of allylic oxidation sites excluding steroid dienone is 2. The van der Waals surface area contributed by atoms with E-state index >= 15 is 0 Å². The van der Waals surface area contributed by atoms with Crippen molar-refractivity contribution >= 4 is 11.6 Å². The zero-order chi connectivity index (χ0) is 24.7. The first-order valence-electron chi connectivity index (χ1n) is 12.4. The first-order valence-corrected chi connectivity index (χ1v) is 12.4. The average Bonchev–Trinajstić information content (AvgIpc) is 3.15. The molecule has 0 aromatic heterocycles. The van der Waals surface area contributed by atoms with Crippen molar-refractivity contribution in [1.29, 1.82) is 0 Å². The molecule has 0 saturated carbocycles. The quantitative estimate of drug-likeness (QED) is 0.197. The summed E-state index contributed by atoms with van der Waals surface area (Å²) in [6.45, 7) is 18.4. The molecule has 4 nitrogen and oxygen atoms in total. The van der Waals surface area contributed by atoms with Gasteiger partial charge in [-0.3, -0.25) is 0 Å². The van der Waals surface area contributed by atoms with Crippen molar-refractivity contribution in [2.24, 2.45) is 0 Å². The number of hydrogen-bond donors (Lipinski definition) is 0. The van der Waals surface area contributed by atoms with Crippen molar-refractivity contribution < 1.29 is 18.9 Å². The van der Waals surface area contributed by atoms with E-state index in [-0.39, 0.29) is 6.10 Å². The summed E-state index contributed by atoms with van der Waals surface area (Å²) in [6.07, 6.45) is 5.31. The van der Waals surface area contributed by atoms with E-state index in [0.717, 1.165) is 59.6 Å². The Balaban J connectivity index is 1.78. The Labute approximate surface area is 205 Å². The van der Waals surface area contributed by atoms with Gasteiger partial charge in [0.2, 0.25) is 0 Å². The van der Waals surface area contributed by atoms with Gasteiger partial charge in [0.15, 0.2) is 5.79 Å². The molecule has 1 heterocycles. The molecule has 0 amide bonds. The summed E-state index contributed by atoms with van der Waals surface area (Å²) in [5.41, 5.74) is 6.96. The van der Waals surface area contributed by atoms with Crippen LogP contribution in [0.4, 0.5) is 0 Å². The second-order valence-corrected chi connectivity index (χ2v) is 9.49. The summed E-state index contributed by atoms with van der Waals surface area (Å²) in [5, 5.41) is 0. The van der Waals surface area contributed by atoms with Crippen LogP contribution in [0.15, 0.2) is 48.6 Å². The Morgan fingerprint density at radius 2 is 1.85 bits per heavy atom. The van der Waals surface area contributed by atoms with Gasteiger partial charge in [0.05, 0.1) is 13.2 Å². The lowest BCUT2D eigenvalue weighted by molar-refractivity contribution is -0.141. The molecule has 3 rings (SSSR count). The van der Waals surface area contributed by atoms with Crippen molar-refractivity contribution in [3.05, 3.63) is 70.8 Å². The van der Waals surface area contributed by atoms with Gasteiger partial charge in [-0.2, -0.15) is 0 Å². The summed E-state index contributed by atoms with van der Waals surface area (Å²) in [4.78, 5) is 0. The van der Waals surface area contributed by atoms with Gasteiger partial charge in [0, 0.05) is 0 Å². The second kappa shape index (κ2) is 11.7. The molecular weight excluding hydrogens is 424 g/mol. The second-order valence-electron chi connectivity index (χ2n) is 9.49. The first-order chi connectivity index (χ1) is 16.2. The molecule has 2 aromatic carbocycles. The molecule has 1 unspecified atom stereocenters. The Morgan fingerprint density at radius 3 is 2.47 bits per heavy atom. The van der Waals surface area contributed by atoms with Crippen LogP contribution in [-0.2, 0) is 15.9 Å². The van der Waals surface area contributed by atoms with Crippen molar-refractivity contribution in [3.8, 4) is 11.5 Å². The number of rotatable bonds is 11. The van der Waals surface area contributed by atoms with E-state index in [1.165, 1.54) is 11.1 Å². The Bertz CT molecular complexity index is 1020. The highest BCUT2D eigenvalue weighted by molar-refractivity contribution is 5.92. The van der Waals surface area contributed by atoms with E-state index in [4.69, 9.17) is 18.9 Å². The number of aryl methyl sites for hydroxylation is 2. The van der Waals surface area contributed by atoms with Crippen LogP contribution < -0.4 is 9.47 Å². The van der Waals surface area contributed by atoms with Crippen LogP contribution in [0.25, 0.3) is 11.6 Å². The molecule has 1 aliphatic heterocycles. The lowest BCUT2D eigenvalue weighted by atomic mass is 9.91. The molecule has 1 saturated heterocycles. The maximum absolute atomic E-state index is 5.99. The number of ether oxygens (including phenoxy) is 4. The van der Waals surface area contributed by atoms with Gasteiger partial charge in [-0.05, 0) is 98.7 Å². The lowest BCUT2D eigenvalue weighted by Crippen LogP contribution is -2.25. The normalized spacial score (nSPS) is 17.6. The Hall–Kier alpha value is -2.56. The maximum atomic E-state index is 5.99. The fourth-order valence-corrected chi connectivity index (χ4v) is 4.07. The molecule has 0 aliphatic carbocycles. The summed E-state index contributed by atoms with van der Waals surface area (Å²) < 4.78 is 23.4. The van der Waals surface area contributed by atoms with E-state index in [0.29, 0.717) is 13.2 Å². The molecule has 0 bridgehead atoms.